The van der Waals surface area contributed by atoms with E-state index in [4.69, 9.17) is 4.98 Å². The molecular formula is C46H39N5O2S. The summed E-state index contributed by atoms with van der Waals surface area (Å²) in [5, 5.41) is 9.93. The third-order valence-corrected chi connectivity index (χ3v) is 12.3. The molecule has 2 heterocycles. The van der Waals surface area contributed by atoms with Crippen molar-refractivity contribution in [3.8, 4) is 6.07 Å². The summed E-state index contributed by atoms with van der Waals surface area (Å²) in [6, 6.07) is 57.5. The van der Waals surface area contributed by atoms with Crippen molar-refractivity contribution >= 4 is 15.7 Å². The first-order valence-electron chi connectivity index (χ1n) is 18.1. The largest absolute Gasteiger partial charge is 0.364 e. The fraction of sp³-hybridized carbons (Fsp3) is 0.130. The van der Waals surface area contributed by atoms with Gasteiger partial charge in [-0.15, -0.1) is 0 Å². The summed E-state index contributed by atoms with van der Waals surface area (Å²) in [6.07, 6.45) is 4.28. The van der Waals surface area contributed by atoms with Gasteiger partial charge in [0.2, 0.25) is 10.0 Å². The Morgan fingerprint density at radius 3 is 1.81 bits per heavy atom. The molecule has 7 aromatic rings. The monoisotopic (exact) mass is 725 g/mol. The van der Waals surface area contributed by atoms with E-state index in [1.807, 2.05) is 85.3 Å². The summed E-state index contributed by atoms with van der Waals surface area (Å²) < 4.78 is 33.1. The van der Waals surface area contributed by atoms with Gasteiger partial charge < -0.3 is 9.47 Å². The molecule has 1 unspecified atom stereocenters. The molecule has 0 amide bonds. The lowest BCUT2D eigenvalue weighted by atomic mass is 9.76. The molecule has 6 aromatic carbocycles. The van der Waals surface area contributed by atoms with Crippen molar-refractivity contribution in [1.82, 2.24) is 13.9 Å². The Hall–Kier alpha value is -6.27. The Labute approximate surface area is 317 Å². The minimum absolute atomic E-state index is 0.209. The highest BCUT2D eigenvalue weighted by molar-refractivity contribution is 7.89. The van der Waals surface area contributed by atoms with Gasteiger partial charge in [0.15, 0.2) is 0 Å². The fourth-order valence-electron chi connectivity index (χ4n) is 7.93. The predicted molar refractivity (Wildman–Crippen MR) is 212 cm³/mol. The van der Waals surface area contributed by atoms with Crippen molar-refractivity contribution in [2.45, 2.75) is 36.0 Å². The summed E-state index contributed by atoms with van der Waals surface area (Å²) in [5.41, 5.74) is 6.77. The Morgan fingerprint density at radius 2 is 1.26 bits per heavy atom. The van der Waals surface area contributed by atoms with Gasteiger partial charge in [-0.05, 0) is 64.6 Å². The number of rotatable bonds is 11. The molecule has 1 aromatic heterocycles. The molecular weight excluding hydrogens is 687 g/mol. The Kier molecular flexibility index (Phi) is 9.66. The van der Waals surface area contributed by atoms with E-state index in [-0.39, 0.29) is 11.4 Å². The van der Waals surface area contributed by atoms with Crippen molar-refractivity contribution in [1.29, 1.82) is 5.26 Å². The van der Waals surface area contributed by atoms with Crippen molar-refractivity contribution in [2.24, 2.45) is 0 Å². The predicted octanol–water partition coefficient (Wildman–Crippen LogP) is 8.42. The van der Waals surface area contributed by atoms with Gasteiger partial charge in [0, 0.05) is 31.0 Å². The number of hydrogen-bond donors (Lipinski definition) is 0. The first kappa shape index (κ1) is 34.8. The third-order valence-electron chi connectivity index (χ3n) is 10.4. The van der Waals surface area contributed by atoms with Gasteiger partial charge in [-0.3, -0.25) is 0 Å². The van der Waals surface area contributed by atoms with Crippen LogP contribution in [-0.4, -0.2) is 34.9 Å². The number of nitrogens with zero attached hydrogens (tertiary/aromatic N) is 5. The van der Waals surface area contributed by atoms with Gasteiger partial charge in [0.1, 0.15) is 5.54 Å². The standard InChI is InChI=1S/C46H39N5O2S/c47-30-37-26-27-45-38(28-37)29-42(51(32-36-16-6-1-7-17-36)54(52,53)44-24-14-5-15-25-44)33-49(45)34-43-31-48-35-50(43)46(39-18-8-2-9-19-39,40-20-10-3-11-21-40)41-22-12-4-13-23-41/h1-28,31,35,42H,29,32-34H2. The van der Waals surface area contributed by atoms with Crippen LogP contribution in [0.4, 0.5) is 5.69 Å². The minimum Gasteiger partial charge on any atom is -0.364 e. The van der Waals surface area contributed by atoms with Crippen LogP contribution < -0.4 is 4.90 Å². The van der Waals surface area contributed by atoms with E-state index >= 15 is 0 Å². The molecule has 8 rings (SSSR count). The van der Waals surface area contributed by atoms with Crippen LogP contribution in [0.1, 0.15) is 39.1 Å². The van der Waals surface area contributed by atoms with Gasteiger partial charge in [-0.25, -0.2) is 13.4 Å². The van der Waals surface area contributed by atoms with E-state index in [1.165, 1.54) is 0 Å². The van der Waals surface area contributed by atoms with Crippen LogP contribution >= 0.6 is 0 Å². The number of imidazole rings is 1. The number of sulfonamides is 1. The number of aromatic nitrogens is 2. The number of benzene rings is 6. The molecule has 1 atom stereocenters. The van der Waals surface area contributed by atoms with E-state index in [1.54, 1.807) is 28.6 Å². The third kappa shape index (κ3) is 6.49. The number of anilines is 1. The number of hydrogen-bond acceptors (Lipinski definition) is 5. The smallest absolute Gasteiger partial charge is 0.243 e. The number of nitriles is 1. The topological polar surface area (TPSA) is 82.2 Å². The molecule has 0 radical (unpaired) electrons. The maximum Gasteiger partial charge on any atom is 0.243 e. The molecule has 7 nitrogen and oxygen atoms in total. The van der Waals surface area contributed by atoms with E-state index in [0.717, 1.165) is 39.2 Å². The zero-order chi connectivity index (χ0) is 37.0. The molecule has 0 fully saturated rings. The average molecular weight is 726 g/mol. The van der Waals surface area contributed by atoms with E-state index in [0.29, 0.717) is 25.1 Å². The van der Waals surface area contributed by atoms with E-state index in [9.17, 15) is 13.7 Å². The molecule has 1 aliphatic rings. The molecule has 0 saturated heterocycles. The highest BCUT2D eigenvalue weighted by Crippen LogP contribution is 2.42. The van der Waals surface area contributed by atoms with Gasteiger partial charge in [0.25, 0.3) is 0 Å². The minimum atomic E-state index is -3.92. The van der Waals surface area contributed by atoms with Crippen LogP contribution in [0.25, 0.3) is 0 Å². The summed E-state index contributed by atoms with van der Waals surface area (Å²) in [5.74, 6) is 0. The summed E-state index contributed by atoms with van der Waals surface area (Å²) in [7, 11) is -3.92. The second kappa shape index (κ2) is 15.0. The highest BCUT2D eigenvalue weighted by Gasteiger charge is 2.41. The van der Waals surface area contributed by atoms with Crippen LogP contribution in [0.15, 0.2) is 187 Å². The summed E-state index contributed by atoms with van der Waals surface area (Å²) in [4.78, 5) is 7.29. The molecule has 54 heavy (non-hydrogen) atoms. The quantitative estimate of drug-likeness (QED) is 0.125. The maximum atomic E-state index is 14.6. The van der Waals surface area contributed by atoms with Gasteiger partial charge in [-0.2, -0.15) is 9.57 Å². The zero-order valence-corrected chi connectivity index (χ0v) is 30.5. The first-order valence-corrected chi connectivity index (χ1v) is 19.5. The maximum absolute atomic E-state index is 14.6. The molecule has 0 bridgehead atoms. The average Bonchev–Trinajstić information content (AvgIpc) is 3.70. The number of fused-ring (bicyclic) bond motifs is 1. The van der Waals surface area contributed by atoms with Crippen LogP contribution in [0, 0.1) is 11.3 Å². The first-order chi connectivity index (χ1) is 26.5. The molecule has 1 aliphatic heterocycles. The van der Waals surface area contributed by atoms with Crippen LogP contribution in [0.5, 0.6) is 0 Å². The normalized spacial score (nSPS) is 14.4. The molecule has 0 saturated carbocycles. The second-order valence-corrected chi connectivity index (χ2v) is 15.5. The van der Waals surface area contributed by atoms with E-state index < -0.39 is 21.6 Å². The van der Waals surface area contributed by atoms with Gasteiger partial charge >= 0.3 is 0 Å². The van der Waals surface area contributed by atoms with Crippen molar-refractivity contribution < 1.29 is 8.42 Å². The van der Waals surface area contributed by atoms with Crippen molar-refractivity contribution in [3.63, 3.8) is 0 Å². The van der Waals surface area contributed by atoms with Crippen LogP contribution in [0.2, 0.25) is 0 Å². The summed E-state index contributed by atoms with van der Waals surface area (Å²) >= 11 is 0. The fourth-order valence-corrected chi connectivity index (χ4v) is 9.56. The lowest BCUT2D eigenvalue weighted by molar-refractivity contribution is 0.302. The lowest BCUT2D eigenvalue weighted by Gasteiger charge is -2.42. The Bertz CT molecular complexity index is 2390. The van der Waals surface area contributed by atoms with Crippen molar-refractivity contribution in [3.05, 3.63) is 221 Å². The SMILES string of the molecule is N#Cc1ccc2c(c1)CC(N(Cc1ccccc1)S(=O)(=O)c1ccccc1)CN2Cc1cncn1C(c1ccccc1)(c1ccccc1)c1ccccc1. The summed E-state index contributed by atoms with van der Waals surface area (Å²) in [6.45, 7) is 1.08. The molecule has 0 aliphatic carbocycles. The molecule has 0 spiro atoms. The zero-order valence-electron chi connectivity index (χ0n) is 29.7. The Morgan fingerprint density at radius 1 is 0.722 bits per heavy atom. The van der Waals surface area contributed by atoms with Crippen LogP contribution in [-0.2, 0) is 35.1 Å². The van der Waals surface area contributed by atoms with Crippen molar-refractivity contribution in [2.75, 3.05) is 11.4 Å². The highest BCUT2D eigenvalue weighted by atomic mass is 32.2. The van der Waals surface area contributed by atoms with Gasteiger partial charge in [-0.1, -0.05) is 140 Å². The molecule has 8 heteroatoms. The van der Waals surface area contributed by atoms with Gasteiger partial charge in [0.05, 0.1) is 35.1 Å². The second-order valence-electron chi connectivity index (χ2n) is 13.6. The molecule has 266 valence electrons. The van der Waals surface area contributed by atoms with E-state index in [2.05, 4.69) is 88.3 Å². The Balaban J connectivity index is 1.27. The molecule has 0 N–H and O–H groups in total. The van der Waals surface area contributed by atoms with Crippen LogP contribution in [0.3, 0.4) is 0 Å². The lowest BCUT2D eigenvalue weighted by Crippen LogP contribution is -2.50.